The number of amides is 1. The van der Waals surface area contributed by atoms with E-state index in [-0.39, 0.29) is 17.1 Å². The van der Waals surface area contributed by atoms with Gasteiger partial charge in [-0.2, -0.15) is 0 Å². The van der Waals surface area contributed by atoms with E-state index in [2.05, 4.69) is 20.9 Å². The second-order valence-corrected chi connectivity index (χ2v) is 10.0. The summed E-state index contributed by atoms with van der Waals surface area (Å²) in [7, 11) is 0. The van der Waals surface area contributed by atoms with Crippen molar-refractivity contribution in [2.24, 2.45) is 0 Å². The van der Waals surface area contributed by atoms with E-state index in [1.807, 2.05) is 45.0 Å². The third-order valence-corrected chi connectivity index (χ3v) is 7.27. The van der Waals surface area contributed by atoms with Crippen molar-refractivity contribution < 1.29 is 13.9 Å². The zero-order valence-electron chi connectivity index (χ0n) is 18.3. The van der Waals surface area contributed by atoms with Gasteiger partial charge in [0.2, 0.25) is 5.76 Å². The minimum absolute atomic E-state index is 0.0604. The van der Waals surface area contributed by atoms with Crippen LogP contribution in [0.4, 0.5) is 5.13 Å². The number of benzene rings is 2. The first-order valence-corrected chi connectivity index (χ1v) is 12.3. The van der Waals surface area contributed by atoms with E-state index in [1.54, 1.807) is 23.1 Å². The largest absolute Gasteiger partial charge is 0.494 e. The highest BCUT2D eigenvalue weighted by Crippen LogP contribution is 2.43. The third kappa shape index (κ3) is 3.67. The molecular weight excluding hydrogens is 504 g/mol. The molecule has 0 aliphatic carbocycles. The molecule has 0 N–H and O–H groups in total. The zero-order valence-corrected chi connectivity index (χ0v) is 20.7. The van der Waals surface area contributed by atoms with Crippen LogP contribution in [0.1, 0.15) is 51.6 Å². The Labute approximate surface area is 203 Å². The molecule has 0 spiro atoms. The molecular formula is C25H21BrN2O4S. The second kappa shape index (κ2) is 8.43. The summed E-state index contributed by atoms with van der Waals surface area (Å²) in [6.07, 6.45) is 0.878. The molecule has 168 valence electrons. The molecule has 2 aromatic carbocycles. The number of thiazole rings is 1. The molecule has 8 heteroatoms. The van der Waals surface area contributed by atoms with Crippen molar-refractivity contribution in [3.63, 3.8) is 0 Å². The number of nitrogens with zero attached hydrogens (tertiary/aromatic N) is 2. The molecule has 0 unspecified atom stereocenters. The molecule has 0 fully saturated rings. The molecule has 33 heavy (non-hydrogen) atoms. The number of hydrogen-bond acceptors (Lipinski definition) is 6. The molecule has 4 aromatic rings. The molecule has 1 amide bonds. The van der Waals surface area contributed by atoms with Crippen LogP contribution in [0.25, 0.3) is 11.0 Å². The molecule has 0 bridgehead atoms. The Bertz CT molecular complexity index is 1440. The van der Waals surface area contributed by atoms with Crippen LogP contribution < -0.4 is 15.1 Å². The Morgan fingerprint density at radius 1 is 1.18 bits per heavy atom. The predicted molar refractivity (Wildman–Crippen MR) is 133 cm³/mol. The van der Waals surface area contributed by atoms with Crippen LogP contribution in [0.3, 0.4) is 0 Å². The Kier molecular flexibility index (Phi) is 5.58. The Morgan fingerprint density at radius 2 is 2.00 bits per heavy atom. The minimum atomic E-state index is -0.665. The van der Waals surface area contributed by atoms with E-state index in [4.69, 9.17) is 9.15 Å². The van der Waals surface area contributed by atoms with Gasteiger partial charge < -0.3 is 9.15 Å². The van der Waals surface area contributed by atoms with E-state index in [0.29, 0.717) is 34.0 Å². The number of fused-ring (bicyclic) bond motifs is 2. The topological polar surface area (TPSA) is 72.6 Å². The molecule has 1 atom stereocenters. The Hall–Kier alpha value is -2.97. The maximum atomic E-state index is 13.7. The van der Waals surface area contributed by atoms with Crippen LogP contribution in [0, 0.1) is 13.8 Å². The van der Waals surface area contributed by atoms with Gasteiger partial charge in [0.1, 0.15) is 11.3 Å². The number of hydrogen-bond donors (Lipinski definition) is 0. The SMILES string of the molecule is CCCOc1cccc([C@@H]2c3c(oc4ccc(Br)cc4c3=O)C(=O)N2c2nc(C)c(C)s2)c1. The first-order valence-electron chi connectivity index (χ1n) is 10.7. The van der Waals surface area contributed by atoms with Gasteiger partial charge in [0.15, 0.2) is 10.6 Å². The van der Waals surface area contributed by atoms with Crippen LogP contribution in [0.2, 0.25) is 0 Å². The smallest absolute Gasteiger partial charge is 0.297 e. The summed E-state index contributed by atoms with van der Waals surface area (Å²) in [5, 5.41) is 0.962. The molecule has 1 aliphatic heterocycles. The van der Waals surface area contributed by atoms with Gasteiger partial charge in [-0.05, 0) is 56.2 Å². The number of carbonyl (C=O) groups excluding carboxylic acids is 1. The molecule has 2 aromatic heterocycles. The molecule has 0 radical (unpaired) electrons. The number of halogens is 1. The van der Waals surface area contributed by atoms with Crippen molar-refractivity contribution in [3.05, 3.63) is 84.6 Å². The summed E-state index contributed by atoms with van der Waals surface area (Å²) >= 11 is 4.86. The van der Waals surface area contributed by atoms with Gasteiger partial charge in [-0.15, -0.1) is 11.3 Å². The second-order valence-electron chi connectivity index (χ2n) is 7.95. The number of aryl methyl sites for hydroxylation is 2. The molecule has 3 heterocycles. The van der Waals surface area contributed by atoms with Gasteiger partial charge in [0.05, 0.1) is 29.3 Å². The summed E-state index contributed by atoms with van der Waals surface area (Å²) in [5.74, 6) is 0.380. The summed E-state index contributed by atoms with van der Waals surface area (Å²) in [6, 6.07) is 12.1. The fourth-order valence-corrected chi connectivity index (χ4v) is 5.31. The number of anilines is 1. The lowest BCUT2D eigenvalue weighted by molar-refractivity contribution is 0.0971. The van der Waals surface area contributed by atoms with E-state index in [0.717, 1.165) is 27.0 Å². The van der Waals surface area contributed by atoms with Gasteiger partial charge in [0, 0.05) is 9.35 Å². The van der Waals surface area contributed by atoms with E-state index >= 15 is 0 Å². The fraction of sp³-hybridized carbons (Fsp3) is 0.240. The number of ether oxygens (including phenoxy) is 1. The first kappa shape index (κ1) is 21.9. The Morgan fingerprint density at radius 3 is 2.73 bits per heavy atom. The van der Waals surface area contributed by atoms with Gasteiger partial charge in [-0.3, -0.25) is 14.5 Å². The predicted octanol–water partition coefficient (Wildman–Crippen LogP) is 6.17. The lowest BCUT2D eigenvalue weighted by Crippen LogP contribution is -2.29. The van der Waals surface area contributed by atoms with Crippen molar-refractivity contribution in [1.29, 1.82) is 0 Å². The molecule has 1 aliphatic rings. The van der Waals surface area contributed by atoms with Crippen molar-refractivity contribution in [2.45, 2.75) is 33.2 Å². The lowest BCUT2D eigenvalue weighted by atomic mass is 9.98. The van der Waals surface area contributed by atoms with Gasteiger partial charge in [0.25, 0.3) is 5.91 Å². The molecule has 0 saturated heterocycles. The minimum Gasteiger partial charge on any atom is -0.494 e. The average Bonchev–Trinajstić information content (AvgIpc) is 3.29. The number of rotatable bonds is 5. The van der Waals surface area contributed by atoms with Crippen molar-refractivity contribution in [1.82, 2.24) is 4.98 Å². The maximum Gasteiger partial charge on any atom is 0.297 e. The van der Waals surface area contributed by atoms with Crippen molar-refractivity contribution in [2.75, 3.05) is 11.5 Å². The Balaban J connectivity index is 1.76. The maximum absolute atomic E-state index is 13.7. The monoisotopic (exact) mass is 524 g/mol. The lowest BCUT2D eigenvalue weighted by Gasteiger charge is -2.23. The van der Waals surface area contributed by atoms with Crippen LogP contribution >= 0.6 is 27.3 Å². The van der Waals surface area contributed by atoms with Crippen molar-refractivity contribution >= 4 is 49.3 Å². The molecule has 6 nitrogen and oxygen atoms in total. The molecule has 5 rings (SSSR count). The third-order valence-electron chi connectivity index (χ3n) is 5.70. The summed E-state index contributed by atoms with van der Waals surface area (Å²) in [4.78, 5) is 34.6. The van der Waals surface area contributed by atoms with E-state index < -0.39 is 6.04 Å². The summed E-state index contributed by atoms with van der Waals surface area (Å²) in [5.41, 5.74) is 2.10. The number of carbonyl (C=O) groups is 1. The average molecular weight is 525 g/mol. The van der Waals surface area contributed by atoms with Gasteiger partial charge in [-0.25, -0.2) is 4.98 Å². The fourth-order valence-electron chi connectivity index (χ4n) is 4.01. The highest BCUT2D eigenvalue weighted by molar-refractivity contribution is 9.10. The van der Waals surface area contributed by atoms with Crippen LogP contribution in [-0.4, -0.2) is 17.5 Å². The quantitative estimate of drug-likeness (QED) is 0.312. The highest BCUT2D eigenvalue weighted by atomic mass is 79.9. The van der Waals surface area contributed by atoms with Crippen LogP contribution in [-0.2, 0) is 0 Å². The van der Waals surface area contributed by atoms with Crippen LogP contribution in [0.5, 0.6) is 5.75 Å². The molecule has 0 saturated carbocycles. The standard InChI is InChI=1S/C25H21BrN2O4S/c1-4-10-31-17-7-5-6-15(11-17)21-20-22(29)18-12-16(26)8-9-19(18)32-23(20)24(30)28(21)25-27-13(2)14(3)33-25/h5-9,11-12,21H,4,10H2,1-3H3/t21-/m1/s1. The van der Waals surface area contributed by atoms with Crippen LogP contribution in [0.15, 0.2) is 56.1 Å². The normalized spacial score (nSPS) is 15.3. The van der Waals surface area contributed by atoms with Gasteiger partial charge in [-0.1, -0.05) is 35.0 Å². The summed E-state index contributed by atoms with van der Waals surface area (Å²) in [6.45, 7) is 6.50. The first-order chi connectivity index (χ1) is 15.9. The van der Waals surface area contributed by atoms with Gasteiger partial charge >= 0.3 is 0 Å². The van der Waals surface area contributed by atoms with E-state index in [9.17, 15) is 9.59 Å². The van der Waals surface area contributed by atoms with E-state index in [1.165, 1.54) is 11.3 Å². The van der Waals surface area contributed by atoms with Crippen molar-refractivity contribution in [3.8, 4) is 5.75 Å². The highest BCUT2D eigenvalue weighted by Gasteiger charge is 2.45. The summed E-state index contributed by atoms with van der Waals surface area (Å²) < 4.78 is 12.6. The number of aromatic nitrogens is 1. The zero-order chi connectivity index (χ0) is 23.3.